The van der Waals surface area contributed by atoms with Gasteiger partial charge in [-0.25, -0.2) is 17.6 Å². The van der Waals surface area contributed by atoms with Gasteiger partial charge < -0.3 is 13.9 Å². The van der Waals surface area contributed by atoms with Crippen LogP contribution in [-0.4, -0.2) is 20.5 Å². The summed E-state index contributed by atoms with van der Waals surface area (Å²) < 4.78 is 74.9. The molecule has 1 atom stereocenters. The minimum atomic E-state index is -1.98. The van der Waals surface area contributed by atoms with Gasteiger partial charge in [-0.1, -0.05) is 51.6 Å². The number of azide groups is 1. The Balaban J connectivity index is 1.43. The molecule has 0 spiro atoms. The average molecular weight is 652 g/mol. The molecule has 6 nitrogen and oxygen atoms in total. The van der Waals surface area contributed by atoms with E-state index in [1.807, 2.05) is 0 Å². The highest BCUT2D eigenvalue weighted by Crippen LogP contribution is 2.47. The summed E-state index contributed by atoms with van der Waals surface area (Å²) >= 11 is 0. The van der Waals surface area contributed by atoms with Crippen molar-refractivity contribution in [2.75, 3.05) is 6.61 Å². The van der Waals surface area contributed by atoms with Crippen LogP contribution in [0.1, 0.15) is 107 Å². The van der Waals surface area contributed by atoms with Gasteiger partial charge in [-0.2, -0.15) is 0 Å². The van der Waals surface area contributed by atoms with Gasteiger partial charge in [0.05, 0.1) is 12.2 Å². The SMILES string of the molecule is Cc1c(C)c2c(c(C)c1O[Si](C)(C)C(C)(C)C)CC[C@@](C)(CCCCCCCCOCc1c(F)c(F)c(N=[N+]=[N-])c(F)c1F)O2. The lowest BCUT2D eigenvalue weighted by Gasteiger charge is -2.41. The van der Waals surface area contributed by atoms with Gasteiger partial charge in [0.25, 0.3) is 8.32 Å². The van der Waals surface area contributed by atoms with Crippen LogP contribution >= 0.6 is 0 Å². The minimum Gasteiger partial charge on any atom is -0.543 e. The number of ether oxygens (including phenoxy) is 2. The Morgan fingerprint density at radius 3 is 2.04 bits per heavy atom. The lowest BCUT2D eigenvalue weighted by atomic mass is 9.84. The van der Waals surface area contributed by atoms with Gasteiger partial charge in [-0.15, -0.1) is 0 Å². The zero-order chi connectivity index (χ0) is 33.7. The predicted octanol–water partition coefficient (Wildman–Crippen LogP) is 11.5. The summed E-state index contributed by atoms with van der Waals surface area (Å²) in [5.74, 6) is -4.63. The smallest absolute Gasteiger partial charge is 0.250 e. The lowest BCUT2D eigenvalue weighted by molar-refractivity contribution is 0.0522. The maximum Gasteiger partial charge on any atom is 0.250 e. The zero-order valence-corrected chi connectivity index (χ0v) is 29.4. The summed E-state index contributed by atoms with van der Waals surface area (Å²) in [6.07, 6.45) is 8.55. The lowest BCUT2D eigenvalue weighted by Crippen LogP contribution is -2.44. The molecule has 2 aromatic carbocycles. The molecule has 45 heavy (non-hydrogen) atoms. The Kier molecular flexibility index (Phi) is 12.1. The van der Waals surface area contributed by atoms with E-state index in [0.29, 0.717) is 6.42 Å². The third kappa shape index (κ3) is 8.35. The number of benzene rings is 2. The Morgan fingerprint density at radius 2 is 1.47 bits per heavy atom. The number of unbranched alkanes of at least 4 members (excludes halogenated alkanes) is 5. The average Bonchev–Trinajstić information content (AvgIpc) is 2.97. The summed E-state index contributed by atoms with van der Waals surface area (Å²) in [6, 6.07) is 0. The van der Waals surface area contributed by atoms with Crippen LogP contribution in [-0.2, 0) is 17.8 Å². The van der Waals surface area contributed by atoms with Crippen LogP contribution in [0.5, 0.6) is 11.5 Å². The van der Waals surface area contributed by atoms with Crippen molar-refractivity contribution in [3.05, 3.63) is 61.5 Å². The van der Waals surface area contributed by atoms with Crippen molar-refractivity contribution in [1.29, 1.82) is 0 Å². The van der Waals surface area contributed by atoms with Gasteiger partial charge in [0, 0.05) is 17.1 Å². The van der Waals surface area contributed by atoms with Crippen molar-refractivity contribution in [2.45, 2.75) is 137 Å². The van der Waals surface area contributed by atoms with Gasteiger partial charge in [-0.3, -0.25) is 0 Å². The van der Waals surface area contributed by atoms with Crippen molar-refractivity contribution in [3.8, 4) is 11.5 Å². The van der Waals surface area contributed by atoms with Crippen LogP contribution in [0.25, 0.3) is 10.4 Å². The third-order valence-electron chi connectivity index (χ3n) is 9.69. The first-order valence-corrected chi connectivity index (χ1v) is 18.8. The van der Waals surface area contributed by atoms with E-state index in [2.05, 4.69) is 71.6 Å². The molecule has 11 heteroatoms. The Hall–Kier alpha value is -2.75. The first-order chi connectivity index (χ1) is 21.0. The van der Waals surface area contributed by atoms with Crippen LogP contribution < -0.4 is 9.16 Å². The van der Waals surface area contributed by atoms with Gasteiger partial charge in [0.2, 0.25) is 0 Å². The first kappa shape index (κ1) is 36.7. The van der Waals surface area contributed by atoms with Gasteiger partial charge >= 0.3 is 0 Å². The topological polar surface area (TPSA) is 76.5 Å². The van der Waals surface area contributed by atoms with E-state index >= 15 is 0 Å². The molecule has 0 amide bonds. The summed E-state index contributed by atoms with van der Waals surface area (Å²) in [6.45, 7) is 19.6. The second kappa shape index (κ2) is 14.8. The molecule has 0 unspecified atom stereocenters. The molecule has 0 fully saturated rings. The number of nitrogens with zero attached hydrogens (tertiary/aromatic N) is 3. The zero-order valence-electron chi connectivity index (χ0n) is 28.4. The van der Waals surface area contributed by atoms with E-state index in [0.717, 1.165) is 62.9 Å². The molecule has 1 heterocycles. The highest BCUT2D eigenvalue weighted by atomic mass is 28.4. The van der Waals surface area contributed by atoms with Crippen LogP contribution in [0.4, 0.5) is 23.2 Å². The van der Waals surface area contributed by atoms with Crippen molar-refractivity contribution in [3.63, 3.8) is 0 Å². The molecule has 0 aromatic heterocycles. The predicted molar refractivity (Wildman–Crippen MR) is 173 cm³/mol. The number of halogens is 4. The van der Waals surface area contributed by atoms with Crippen LogP contribution in [0.15, 0.2) is 5.11 Å². The number of hydrogen-bond acceptors (Lipinski definition) is 4. The molecule has 0 bridgehead atoms. The molecular weight excluding hydrogens is 602 g/mol. The standard InChI is InChI=1S/C34H49F4N3O3Si/c1-21-22(2)32-24(23(3)31(21)44-45(8,9)33(4,5)6)16-18-34(7,43-32)17-14-12-10-11-13-15-19-42-20-25-26(35)28(37)30(40-41-39)29(38)27(25)36/h10-20H2,1-9H3/t34-/m1/s1. The molecule has 1 aliphatic heterocycles. The third-order valence-corrected chi connectivity index (χ3v) is 14.0. The van der Waals surface area contributed by atoms with Crippen molar-refractivity contribution < 1.29 is 31.5 Å². The summed E-state index contributed by atoms with van der Waals surface area (Å²) in [4.78, 5) is 2.19. The van der Waals surface area contributed by atoms with E-state index in [1.54, 1.807) is 0 Å². The van der Waals surface area contributed by atoms with Crippen LogP contribution in [0, 0.1) is 44.0 Å². The first-order valence-electron chi connectivity index (χ1n) is 15.9. The van der Waals surface area contributed by atoms with Gasteiger partial charge in [0.15, 0.2) is 23.3 Å². The molecule has 0 N–H and O–H groups in total. The molecule has 250 valence electrons. The molecule has 0 aliphatic carbocycles. The normalized spacial score (nSPS) is 16.6. The van der Waals surface area contributed by atoms with E-state index in [4.69, 9.17) is 19.4 Å². The molecular formula is C34H49F4N3O3Si. The molecule has 0 saturated heterocycles. The van der Waals surface area contributed by atoms with E-state index in [9.17, 15) is 17.6 Å². The maximum atomic E-state index is 14.1. The number of fused-ring (bicyclic) bond motifs is 1. The fourth-order valence-electron chi connectivity index (χ4n) is 5.53. The summed E-state index contributed by atoms with van der Waals surface area (Å²) in [5.41, 5.74) is 10.8. The van der Waals surface area contributed by atoms with Crippen molar-refractivity contribution in [1.82, 2.24) is 0 Å². The Bertz CT molecular complexity index is 1410. The van der Waals surface area contributed by atoms with Crippen LogP contribution in [0.2, 0.25) is 18.1 Å². The van der Waals surface area contributed by atoms with Crippen LogP contribution in [0.3, 0.4) is 0 Å². The monoisotopic (exact) mass is 651 g/mol. The quantitative estimate of drug-likeness (QED) is 0.0388. The molecule has 1 aliphatic rings. The maximum absolute atomic E-state index is 14.1. The minimum absolute atomic E-state index is 0.119. The van der Waals surface area contributed by atoms with E-state index in [-0.39, 0.29) is 17.2 Å². The van der Waals surface area contributed by atoms with Gasteiger partial charge in [0.1, 0.15) is 22.8 Å². The Labute approximate surface area is 266 Å². The van der Waals surface area contributed by atoms with Crippen molar-refractivity contribution >= 4 is 14.0 Å². The fourth-order valence-corrected chi connectivity index (χ4v) is 6.65. The molecule has 0 saturated carbocycles. The Morgan fingerprint density at radius 1 is 0.889 bits per heavy atom. The van der Waals surface area contributed by atoms with E-state index < -0.39 is 49.4 Å². The second-order valence-corrected chi connectivity index (χ2v) is 18.8. The highest BCUT2D eigenvalue weighted by Gasteiger charge is 2.41. The van der Waals surface area contributed by atoms with Gasteiger partial charge in [-0.05, 0) is 100 Å². The second-order valence-electron chi connectivity index (χ2n) is 14.1. The fraction of sp³-hybridized carbons (Fsp3) is 0.647. The highest BCUT2D eigenvalue weighted by molar-refractivity contribution is 6.74. The molecule has 3 rings (SSSR count). The largest absolute Gasteiger partial charge is 0.543 e. The van der Waals surface area contributed by atoms with E-state index in [1.165, 1.54) is 22.3 Å². The summed E-state index contributed by atoms with van der Waals surface area (Å²) in [7, 11) is -1.98. The molecule has 0 radical (unpaired) electrons. The van der Waals surface area contributed by atoms with Crippen molar-refractivity contribution in [2.24, 2.45) is 5.11 Å². The number of rotatable bonds is 14. The summed E-state index contributed by atoms with van der Waals surface area (Å²) in [5, 5.41) is 2.81. The number of hydrogen-bond donors (Lipinski definition) is 0. The molecule has 2 aromatic rings.